The lowest BCUT2D eigenvalue weighted by molar-refractivity contribution is -0.121. The van der Waals surface area contributed by atoms with Gasteiger partial charge in [-0.05, 0) is 31.5 Å². The molecule has 3 rings (SSSR count). The predicted molar refractivity (Wildman–Crippen MR) is 78.8 cm³/mol. The summed E-state index contributed by atoms with van der Waals surface area (Å²) in [6, 6.07) is 6.00. The number of nitrogens with zero attached hydrogens (tertiary/aromatic N) is 3. The first-order chi connectivity index (χ1) is 10.3. The lowest BCUT2D eigenvalue weighted by Crippen LogP contribution is -2.31. The van der Waals surface area contributed by atoms with Crippen LogP contribution < -0.4 is 10.6 Å². The van der Waals surface area contributed by atoms with E-state index in [1.807, 2.05) is 24.4 Å². The van der Waals surface area contributed by atoms with Crippen LogP contribution in [0.1, 0.15) is 24.8 Å². The number of hydrogen-bond donors (Lipinski definition) is 2. The van der Waals surface area contributed by atoms with Crippen LogP contribution in [0.4, 0.5) is 0 Å². The van der Waals surface area contributed by atoms with Crippen molar-refractivity contribution < 1.29 is 4.79 Å². The van der Waals surface area contributed by atoms with E-state index < -0.39 is 0 Å². The molecule has 0 bridgehead atoms. The molecule has 2 aromatic rings. The van der Waals surface area contributed by atoms with Crippen LogP contribution in [-0.2, 0) is 11.3 Å². The molecule has 3 heterocycles. The molecule has 1 saturated heterocycles. The number of carbonyl (C=O) groups excluding carboxylic acids is 1. The number of aromatic nitrogens is 3. The van der Waals surface area contributed by atoms with Gasteiger partial charge in [-0.25, -0.2) is 9.67 Å². The minimum atomic E-state index is 0.0738. The van der Waals surface area contributed by atoms with E-state index in [0.29, 0.717) is 19.0 Å². The largest absolute Gasteiger partial charge is 0.352 e. The summed E-state index contributed by atoms with van der Waals surface area (Å²) in [6.07, 6.45) is 8.06. The molecule has 2 N–H and O–H groups in total. The Morgan fingerprint density at radius 1 is 1.43 bits per heavy atom. The zero-order valence-electron chi connectivity index (χ0n) is 11.8. The second-order valence-electron chi connectivity index (χ2n) is 5.21. The summed E-state index contributed by atoms with van der Waals surface area (Å²) in [5, 5.41) is 10.5. The number of nitrogens with one attached hydrogen (secondary N) is 2. The summed E-state index contributed by atoms with van der Waals surface area (Å²) >= 11 is 0. The van der Waals surface area contributed by atoms with Crippen LogP contribution in [0.3, 0.4) is 0 Å². The molecule has 0 saturated carbocycles. The summed E-state index contributed by atoms with van der Waals surface area (Å²) in [6.45, 7) is 1.48. The first-order valence-corrected chi connectivity index (χ1v) is 7.27. The quantitative estimate of drug-likeness (QED) is 0.860. The van der Waals surface area contributed by atoms with Crippen LogP contribution in [0.2, 0.25) is 0 Å². The van der Waals surface area contributed by atoms with Crippen molar-refractivity contribution in [3.63, 3.8) is 0 Å². The van der Waals surface area contributed by atoms with E-state index in [1.54, 1.807) is 17.1 Å². The Balaban J connectivity index is 1.61. The molecule has 0 radical (unpaired) electrons. The highest BCUT2D eigenvalue weighted by molar-refractivity contribution is 5.76. The molecule has 1 aliphatic heterocycles. The Morgan fingerprint density at radius 3 is 3.14 bits per heavy atom. The van der Waals surface area contributed by atoms with Crippen LogP contribution in [0.25, 0.3) is 5.82 Å². The van der Waals surface area contributed by atoms with Gasteiger partial charge in [-0.2, -0.15) is 5.10 Å². The molecule has 1 fully saturated rings. The predicted octanol–water partition coefficient (Wildman–Crippen LogP) is 1.03. The van der Waals surface area contributed by atoms with E-state index in [1.165, 1.54) is 0 Å². The Labute approximate surface area is 123 Å². The van der Waals surface area contributed by atoms with Gasteiger partial charge in [-0.15, -0.1) is 0 Å². The molecular weight excluding hydrogens is 266 g/mol. The van der Waals surface area contributed by atoms with Crippen molar-refractivity contribution in [1.82, 2.24) is 25.4 Å². The molecule has 2 aromatic heterocycles. The average molecular weight is 285 g/mol. The summed E-state index contributed by atoms with van der Waals surface area (Å²) in [4.78, 5) is 16.3. The maximum Gasteiger partial charge on any atom is 0.221 e. The number of pyridine rings is 1. The van der Waals surface area contributed by atoms with Crippen LogP contribution >= 0.6 is 0 Å². The fraction of sp³-hybridized carbons (Fsp3) is 0.400. The second kappa shape index (κ2) is 6.49. The Bertz CT molecular complexity index is 590. The second-order valence-corrected chi connectivity index (χ2v) is 5.21. The maximum atomic E-state index is 12.0. The summed E-state index contributed by atoms with van der Waals surface area (Å²) in [5.41, 5.74) is 0.953. The zero-order valence-corrected chi connectivity index (χ0v) is 11.8. The molecule has 110 valence electrons. The molecule has 1 unspecified atom stereocenters. The molecule has 1 aliphatic rings. The van der Waals surface area contributed by atoms with E-state index in [9.17, 15) is 4.79 Å². The van der Waals surface area contributed by atoms with Gasteiger partial charge in [-0.3, -0.25) is 4.79 Å². The molecule has 6 heteroatoms. The normalized spacial score (nSPS) is 17.8. The van der Waals surface area contributed by atoms with E-state index in [0.717, 1.165) is 30.8 Å². The molecule has 0 spiro atoms. The SMILES string of the molecule is O=C(CC1CCCN1)NCc1cccnc1-n1cccn1. The van der Waals surface area contributed by atoms with Crippen molar-refractivity contribution in [3.05, 3.63) is 42.4 Å². The highest BCUT2D eigenvalue weighted by atomic mass is 16.1. The van der Waals surface area contributed by atoms with Gasteiger partial charge in [0.2, 0.25) is 5.91 Å². The molecule has 0 aromatic carbocycles. The third kappa shape index (κ3) is 3.46. The number of rotatable bonds is 5. The monoisotopic (exact) mass is 285 g/mol. The van der Waals surface area contributed by atoms with Gasteiger partial charge in [0.25, 0.3) is 0 Å². The highest BCUT2D eigenvalue weighted by Crippen LogP contribution is 2.11. The zero-order chi connectivity index (χ0) is 14.5. The van der Waals surface area contributed by atoms with E-state index in [2.05, 4.69) is 20.7 Å². The van der Waals surface area contributed by atoms with Crippen LogP contribution in [-0.4, -0.2) is 33.3 Å². The Kier molecular flexibility index (Phi) is 4.25. The van der Waals surface area contributed by atoms with Crippen molar-refractivity contribution in [2.24, 2.45) is 0 Å². The summed E-state index contributed by atoms with van der Waals surface area (Å²) < 4.78 is 1.71. The van der Waals surface area contributed by atoms with Crippen molar-refractivity contribution in [1.29, 1.82) is 0 Å². The Hall–Kier alpha value is -2.21. The van der Waals surface area contributed by atoms with Crippen molar-refractivity contribution in [2.45, 2.75) is 31.8 Å². The minimum absolute atomic E-state index is 0.0738. The van der Waals surface area contributed by atoms with Gasteiger partial charge in [-0.1, -0.05) is 6.07 Å². The average Bonchev–Trinajstić information content (AvgIpc) is 3.18. The molecule has 21 heavy (non-hydrogen) atoms. The third-order valence-electron chi connectivity index (χ3n) is 3.66. The lowest BCUT2D eigenvalue weighted by atomic mass is 10.1. The fourth-order valence-corrected chi connectivity index (χ4v) is 2.59. The minimum Gasteiger partial charge on any atom is -0.352 e. The van der Waals surface area contributed by atoms with Gasteiger partial charge >= 0.3 is 0 Å². The fourth-order valence-electron chi connectivity index (χ4n) is 2.59. The summed E-state index contributed by atoms with van der Waals surface area (Å²) in [5.74, 6) is 0.825. The highest BCUT2D eigenvalue weighted by Gasteiger charge is 2.17. The summed E-state index contributed by atoms with van der Waals surface area (Å²) in [7, 11) is 0. The van der Waals surface area contributed by atoms with Gasteiger partial charge in [0.05, 0.1) is 0 Å². The topological polar surface area (TPSA) is 71.8 Å². The number of hydrogen-bond acceptors (Lipinski definition) is 4. The molecular formula is C15H19N5O. The van der Waals surface area contributed by atoms with Gasteiger partial charge in [0.1, 0.15) is 0 Å². The van der Waals surface area contributed by atoms with E-state index >= 15 is 0 Å². The van der Waals surface area contributed by atoms with Crippen molar-refractivity contribution in [3.8, 4) is 5.82 Å². The number of carbonyl (C=O) groups is 1. The molecule has 1 amide bonds. The first kappa shape index (κ1) is 13.8. The van der Waals surface area contributed by atoms with Gasteiger partial charge < -0.3 is 10.6 Å². The molecule has 1 atom stereocenters. The van der Waals surface area contributed by atoms with Crippen molar-refractivity contribution in [2.75, 3.05) is 6.54 Å². The first-order valence-electron chi connectivity index (χ1n) is 7.27. The van der Waals surface area contributed by atoms with Crippen LogP contribution in [0, 0.1) is 0 Å². The molecule has 6 nitrogen and oxygen atoms in total. The third-order valence-corrected chi connectivity index (χ3v) is 3.66. The Morgan fingerprint density at radius 2 is 2.38 bits per heavy atom. The van der Waals surface area contributed by atoms with Crippen LogP contribution in [0.5, 0.6) is 0 Å². The van der Waals surface area contributed by atoms with Gasteiger partial charge in [0, 0.05) is 43.2 Å². The van der Waals surface area contributed by atoms with E-state index in [4.69, 9.17) is 0 Å². The van der Waals surface area contributed by atoms with Crippen LogP contribution in [0.15, 0.2) is 36.8 Å². The number of amides is 1. The maximum absolute atomic E-state index is 12.0. The van der Waals surface area contributed by atoms with Crippen molar-refractivity contribution >= 4 is 5.91 Å². The van der Waals surface area contributed by atoms with E-state index in [-0.39, 0.29) is 5.91 Å². The standard InChI is InChI=1S/C15H19N5O/c21-14(10-13-5-2-6-16-13)18-11-12-4-1-7-17-15(12)20-9-3-8-19-20/h1,3-4,7-9,13,16H,2,5-6,10-11H2,(H,18,21). The molecule has 0 aliphatic carbocycles. The lowest BCUT2D eigenvalue weighted by Gasteiger charge is -2.12. The smallest absolute Gasteiger partial charge is 0.221 e. The van der Waals surface area contributed by atoms with Gasteiger partial charge in [0.15, 0.2) is 5.82 Å².